The van der Waals surface area contributed by atoms with E-state index in [0.29, 0.717) is 16.7 Å². The number of aryl methyl sites for hydroxylation is 1. The van der Waals surface area contributed by atoms with E-state index in [1.807, 2.05) is 55.5 Å². The second kappa shape index (κ2) is 6.79. The lowest BCUT2D eigenvalue weighted by molar-refractivity contribution is -0.119. The fraction of sp³-hybridized carbons (Fsp3) is 0.111. The molecule has 2 aromatic carbocycles. The van der Waals surface area contributed by atoms with Gasteiger partial charge in [0.15, 0.2) is 5.69 Å². The van der Waals surface area contributed by atoms with E-state index in [0.717, 1.165) is 15.9 Å². The minimum atomic E-state index is -0.562. The molecule has 2 aromatic heterocycles. The number of hydrogen-bond acceptors (Lipinski definition) is 6. The number of nitrogens with zero attached hydrogens (tertiary/aromatic N) is 6. The zero-order valence-electron chi connectivity index (χ0n) is 14.4. The van der Waals surface area contributed by atoms with E-state index in [9.17, 15) is 9.90 Å². The van der Waals surface area contributed by atoms with Crippen LogP contribution in [0.5, 0.6) is 5.88 Å². The number of benzene rings is 2. The molecule has 0 saturated heterocycles. The van der Waals surface area contributed by atoms with Crippen molar-refractivity contribution in [2.75, 3.05) is 0 Å². The van der Waals surface area contributed by atoms with Gasteiger partial charge in [-0.1, -0.05) is 42.0 Å². The van der Waals surface area contributed by atoms with Gasteiger partial charge < -0.3 is 10.1 Å². The van der Waals surface area contributed by atoms with Crippen molar-refractivity contribution in [1.29, 1.82) is 0 Å². The summed E-state index contributed by atoms with van der Waals surface area (Å²) in [5.41, 5.74) is 2.74. The Labute approximate surface area is 153 Å². The molecule has 134 valence electrons. The number of rotatable bonds is 4. The van der Waals surface area contributed by atoms with Crippen molar-refractivity contribution in [3.63, 3.8) is 0 Å². The zero-order chi connectivity index (χ0) is 18.8. The molecule has 0 aliphatic heterocycles. The Bertz CT molecular complexity index is 1150. The molecule has 0 unspecified atom stereocenters. The Morgan fingerprint density at radius 3 is 2.85 bits per heavy atom. The third kappa shape index (κ3) is 3.43. The van der Waals surface area contributed by atoms with Crippen LogP contribution in [0, 0.1) is 6.92 Å². The van der Waals surface area contributed by atoms with Crippen molar-refractivity contribution in [2.45, 2.75) is 13.5 Å². The number of hydrogen-bond donors (Lipinski definition) is 2. The van der Waals surface area contributed by atoms with Gasteiger partial charge in [0.05, 0.1) is 5.52 Å². The highest BCUT2D eigenvalue weighted by atomic mass is 16.3. The van der Waals surface area contributed by atoms with Crippen molar-refractivity contribution in [3.8, 4) is 17.3 Å². The van der Waals surface area contributed by atoms with E-state index in [-0.39, 0.29) is 18.1 Å². The molecule has 1 amide bonds. The van der Waals surface area contributed by atoms with Gasteiger partial charge in [0, 0.05) is 10.9 Å². The maximum atomic E-state index is 12.1. The third-order valence-corrected chi connectivity index (χ3v) is 3.93. The Balaban J connectivity index is 1.51. The van der Waals surface area contributed by atoms with E-state index < -0.39 is 5.91 Å². The van der Waals surface area contributed by atoms with Crippen LogP contribution in [0.3, 0.4) is 0 Å². The number of aromatic amines is 1. The number of carbonyl (C=O) groups is 1. The molecule has 0 saturated carbocycles. The van der Waals surface area contributed by atoms with Gasteiger partial charge in [-0.25, -0.2) is 0 Å². The molecule has 9 nitrogen and oxygen atoms in total. The molecular formula is C18H15N7O2. The zero-order valence-corrected chi connectivity index (χ0v) is 14.4. The summed E-state index contributed by atoms with van der Waals surface area (Å²) in [5.74, 6) is -0.282. The Morgan fingerprint density at radius 2 is 2.04 bits per heavy atom. The van der Waals surface area contributed by atoms with Gasteiger partial charge in [-0.3, -0.25) is 4.79 Å². The number of amides is 1. The van der Waals surface area contributed by atoms with Crippen LogP contribution in [0.2, 0.25) is 0 Å². The lowest BCUT2D eigenvalue weighted by atomic mass is 10.2. The summed E-state index contributed by atoms with van der Waals surface area (Å²) in [6.45, 7) is 1.72. The summed E-state index contributed by atoms with van der Waals surface area (Å²) in [7, 11) is 0. The fourth-order valence-electron chi connectivity index (χ4n) is 2.65. The second-order valence-electron chi connectivity index (χ2n) is 5.97. The Hall–Kier alpha value is -3.88. The highest BCUT2D eigenvalue weighted by Gasteiger charge is 2.12. The highest BCUT2D eigenvalue weighted by molar-refractivity contribution is 5.94. The molecule has 4 aromatic rings. The Morgan fingerprint density at radius 1 is 1.22 bits per heavy atom. The average Bonchev–Trinajstić information content (AvgIpc) is 3.24. The summed E-state index contributed by atoms with van der Waals surface area (Å²) in [4.78, 5) is 16.0. The fourth-order valence-corrected chi connectivity index (χ4v) is 2.65. The maximum absolute atomic E-state index is 12.1. The van der Waals surface area contributed by atoms with E-state index >= 15 is 0 Å². The van der Waals surface area contributed by atoms with Crippen molar-refractivity contribution < 1.29 is 9.90 Å². The molecule has 0 spiro atoms. The van der Waals surface area contributed by atoms with Crippen LogP contribution < -0.4 is 0 Å². The lowest BCUT2D eigenvalue weighted by Gasteiger charge is -1.95. The standard InChI is InChI=1S/C18H15N7O2/c1-11-7-8-14-13(9-11)16(18(27)19-14)21-20-15(26)10-25-23-17(22-24-25)12-5-3-2-4-6-12/h2-9,19,27H,10H2,1H3. The number of nitrogens with one attached hydrogen (secondary N) is 1. The van der Waals surface area contributed by atoms with Crippen LogP contribution in [-0.2, 0) is 11.3 Å². The second-order valence-corrected chi connectivity index (χ2v) is 5.97. The smallest absolute Gasteiger partial charge is 0.287 e. The van der Waals surface area contributed by atoms with Crippen LogP contribution in [-0.4, -0.2) is 36.2 Å². The van der Waals surface area contributed by atoms with Gasteiger partial charge in [-0.05, 0) is 24.3 Å². The van der Waals surface area contributed by atoms with E-state index in [1.54, 1.807) is 0 Å². The average molecular weight is 361 g/mol. The normalized spacial score (nSPS) is 11.4. The van der Waals surface area contributed by atoms with Crippen LogP contribution in [0.1, 0.15) is 5.56 Å². The number of H-pyrrole nitrogens is 1. The molecule has 0 aliphatic carbocycles. The number of fused-ring (bicyclic) bond motifs is 1. The number of tetrazole rings is 1. The third-order valence-electron chi connectivity index (χ3n) is 3.93. The van der Waals surface area contributed by atoms with Gasteiger partial charge in [0.2, 0.25) is 11.7 Å². The van der Waals surface area contributed by atoms with Crippen LogP contribution in [0.4, 0.5) is 5.69 Å². The first kappa shape index (κ1) is 16.6. The molecule has 0 bridgehead atoms. The molecule has 9 heteroatoms. The molecule has 4 rings (SSSR count). The van der Waals surface area contributed by atoms with Crippen LogP contribution >= 0.6 is 0 Å². The molecule has 27 heavy (non-hydrogen) atoms. The number of carbonyl (C=O) groups excluding carboxylic acids is 1. The summed E-state index contributed by atoms with van der Waals surface area (Å²) in [6, 6.07) is 14.9. The monoisotopic (exact) mass is 361 g/mol. The lowest BCUT2D eigenvalue weighted by Crippen LogP contribution is -2.10. The molecular weight excluding hydrogens is 346 g/mol. The van der Waals surface area contributed by atoms with Crippen molar-refractivity contribution >= 4 is 22.5 Å². The van der Waals surface area contributed by atoms with E-state index in [2.05, 4.69) is 30.6 Å². The number of azo groups is 1. The van der Waals surface area contributed by atoms with Gasteiger partial charge in [0.1, 0.15) is 6.54 Å². The predicted molar refractivity (Wildman–Crippen MR) is 97.5 cm³/mol. The molecule has 0 aliphatic rings. The highest BCUT2D eigenvalue weighted by Crippen LogP contribution is 2.35. The largest absolute Gasteiger partial charge is 0.493 e. The summed E-state index contributed by atoms with van der Waals surface area (Å²) in [5, 5.41) is 30.2. The topological polar surface area (TPSA) is 121 Å². The number of aromatic hydroxyl groups is 1. The van der Waals surface area contributed by atoms with Crippen molar-refractivity contribution in [2.24, 2.45) is 10.2 Å². The van der Waals surface area contributed by atoms with E-state index in [1.165, 1.54) is 0 Å². The molecule has 0 atom stereocenters. The first-order valence-corrected chi connectivity index (χ1v) is 8.19. The molecule has 0 fully saturated rings. The SMILES string of the molecule is Cc1ccc2[nH]c(O)c(N=NC(=O)Cn3nnc(-c4ccccc4)n3)c2c1. The molecule has 0 radical (unpaired) electrons. The molecule has 2 N–H and O–H groups in total. The van der Waals surface area contributed by atoms with Gasteiger partial charge in [-0.15, -0.1) is 20.4 Å². The summed E-state index contributed by atoms with van der Waals surface area (Å²) < 4.78 is 0. The summed E-state index contributed by atoms with van der Waals surface area (Å²) >= 11 is 0. The first-order valence-electron chi connectivity index (χ1n) is 8.19. The van der Waals surface area contributed by atoms with Crippen LogP contribution in [0.25, 0.3) is 22.3 Å². The van der Waals surface area contributed by atoms with Crippen LogP contribution in [0.15, 0.2) is 58.8 Å². The van der Waals surface area contributed by atoms with E-state index in [4.69, 9.17) is 0 Å². The minimum Gasteiger partial charge on any atom is -0.493 e. The predicted octanol–water partition coefficient (Wildman–Crippen LogP) is 3.15. The van der Waals surface area contributed by atoms with Crippen molar-refractivity contribution in [1.82, 2.24) is 25.2 Å². The Kier molecular flexibility index (Phi) is 4.17. The summed E-state index contributed by atoms with van der Waals surface area (Å²) in [6.07, 6.45) is 0. The number of aromatic nitrogens is 5. The minimum absolute atomic E-state index is 0.141. The molecule has 2 heterocycles. The quantitative estimate of drug-likeness (QED) is 0.541. The van der Waals surface area contributed by atoms with Gasteiger partial charge >= 0.3 is 0 Å². The maximum Gasteiger partial charge on any atom is 0.287 e. The van der Waals surface area contributed by atoms with Gasteiger partial charge in [-0.2, -0.15) is 4.80 Å². The van der Waals surface area contributed by atoms with Crippen molar-refractivity contribution in [3.05, 3.63) is 54.1 Å². The van der Waals surface area contributed by atoms with Gasteiger partial charge in [0.25, 0.3) is 5.91 Å². The first-order chi connectivity index (χ1) is 13.1.